The van der Waals surface area contributed by atoms with Crippen LogP contribution in [0.25, 0.3) is 11.1 Å². The van der Waals surface area contributed by atoms with Crippen LogP contribution >= 0.6 is 69.6 Å². The number of methoxy groups -OCH3 is 3. The third-order valence-electron chi connectivity index (χ3n) is 17.1. The molecule has 0 aromatic heterocycles. The molecular weight excluding hydrogens is 1350 g/mol. The molecule has 4 aliphatic rings. The van der Waals surface area contributed by atoms with Crippen LogP contribution in [0, 0.1) is 0 Å². The Bertz CT molecular complexity index is 3390. The Morgan fingerprint density at radius 2 is 0.935 bits per heavy atom. The number of ether oxygens (including phenoxy) is 9. The lowest BCUT2D eigenvalue weighted by Gasteiger charge is -2.44. The summed E-state index contributed by atoms with van der Waals surface area (Å²) in [5, 5.41) is 8.30. The lowest BCUT2D eigenvalue weighted by molar-refractivity contribution is 0.0584. The number of nitrogens with zero attached hydrogens (tertiary/aromatic N) is 4. The van der Waals surface area contributed by atoms with Crippen LogP contribution in [0.5, 0.6) is 34.5 Å². The molecule has 4 amide bonds. The van der Waals surface area contributed by atoms with Crippen molar-refractivity contribution in [3.05, 3.63) is 107 Å². The SMILES string of the molecule is COc1ccc(C2=CN3C(=O)c4cc(OC)c(OCCCOc5cc6c(cc5OC)C(=O)N5C=C(c7ccc(OCCOCCO)cc7)CC5C(O[Si](C)(C)C(C)(C)C)N6C(=O)OCC(Cl)(Cl)Cl)cc4N(C(=O)OCC(Cl)(Cl)Cl)C(O[Si](C)(C)C(C)(C)C)C3C2)cc1. The quantitative estimate of drug-likeness (QED) is 0.0417. The van der Waals surface area contributed by atoms with E-state index in [0.717, 1.165) is 22.3 Å². The van der Waals surface area contributed by atoms with Gasteiger partial charge in [-0.25, -0.2) is 19.4 Å². The van der Waals surface area contributed by atoms with E-state index in [9.17, 15) is 9.59 Å². The Hall–Kier alpha value is -5.35. The molecule has 4 aliphatic heterocycles. The molecule has 4 unspecified atom stereocenters. The third kappa shape index (κ3) is 16.8. The maximum absolute atomic E-state index is 15.3. The average molecular weight is 1430 g/mol. The highest BCUT2D eigenvalue weighted by Gasteiger charge is 2.54. The van der Waals surface area contributed by atoms with Crippen molar-refractivity contribution in [3.63, 3.8) is 0 Å². The van der Waals surface area contributed by atoms with E-state index < -0.39 is 86.0 Å². The fourth-order valence-corrected chi connectivity index (χ4v) is 13.0. The molecule has 4 atom stereocenters. The lowest BCUT2D eigenvalue weighted by atomic mass is 10.0. The first-order valence-corrected chi connectivity index (χ1v) is 37.9. The van der Waals surface area contributed by atoms with Crippen LogP contribution in [-0.2, 0) is 23.1 Å². The molecule has 0 saturated heterocycles. The fraction of sp³-hybridized carbons (Fsp3) is 0.500. The van der Waals surface area contributed by atoms with Gasteiger partial charge in [-0.05, 0) is 108 Å². The molecule has 20 nitrogen and oxygen atoms in total. The van der Waals surface area contributed by atoms with E-state index in [4.69, 9.17) is 126 Å². The standard InChI is InChI=1S/C64H80Cl6N4O16Si2/c1-61(2,3)91(10,11)89-57-49-29-41(39-15-19-43(80-7)20-16-39)35-71(49)55(76)45-31-51(81-8)53(33-47(45)73(57)59(78)87-37-63(65,66)67)85-24-14-25-86-54-34-48-46(32-52(54)82-9)56(77)72-36-42(40-17-21-44(22-18-40)84-28-27-83-26-23-75)30-50(72)58(90-92(12,13)62(4,5)6)74(48)60(79)88-38-64(68,69)70/h15-22,31-36,49-50,57-58,75H,14,23-30,37-38H2,1-13H3. The van der Waals surface area contributed by atoms with E-state index in [-0.39, 0.29) is 108 Å². The zero-order valence-electron chi connectivity index (χ0n) is 53.8. The van der Waals surface area contributed by atoms with E-state index in [1.54, 1.807) is 29.3 Å². The highest BCUT2D eigenvalue weighted by atomic mass is 35.6. The minimum Gasteiger partial charge on any atom is -0.497 e. The van der Waals surface area contributed by atoms with Crippen LogP contribution in [-0.4, -0.2) is 162 Å². The van der Waals surface area contributed by atoms with Gasteiger partial charge in [-0.15, -0.1) is 0 Å². The van der Waals surface area contributed by atoms with Crippen molar-refractivity contribution in [1.82, 2.24) is 9.80 Å². The van der Waals surface area contributed by atoms with Gasteiger partial charge in [0.1, 0.15) is 31.3 Å². The number of halogens is 6. The fourth-order valence-electron chi connectivity index (χ4n) is 10.3. The number of anilines is 2. The van der Waals surface area contributed by atoms with Crippen LogP contribution in [0.3, 0.4) is 0 Å². The highest BCUT2D eigenvalue weighted by Crippen LogP contribution is 2.50. The Labute approximate surface area is 569 Å². The third-order valence-corrected chi connectivity index (χ3v) is 26.7. The Balaban J connectivity index is 1.13. The van der Waals surface area contributed by atoms with Gasteiger partial charge in [-0.1, -0.05) is 135 Å². The summed E-state index contributed by atoms with van der Waals surface area (Å²) in [5.41, 5.74) is 3.54. The van der Waals surface area contributed by atoms with Crippen molar-refractivity contribution in [1.29, 1.82) is 0 Å². The predicted molar refractivity (Wildman–Crippen MR) is 362 cm³/mol. The number of rotatable bonds is 23. The topological polar surface area (TPSA) is 203 Å². The first kappa shape index (κ1) is 72.5. The predicted octanol–water partition coefficient (Wildman–Crippen LogP) is 14.8. The van der Waals surface area contributed by atoms with Gasteiger partial charge < -0.3 is 66.4 Å². The first-order valence-electron chi connectivity index (χ1n) is 29.8. The number of alkyl halides is 6. The minimum atomic E-state index is -2.85. The monoisotopic (exact) mass is 1430 g/mol. The first-order chi connectivity index (χ1) is 43.1. The number of aliphatic hydroxyl groups excluding tert-OH is 1. The van der Waals surface area contributed by atoms with Gasteiger partial charge in [0.05, 0.1) is 88.9 Å². The molecule has 0 aliphatic carbocycles. The normalized spacial score (nSPS) is 18.6. The summed E-state index contributed by atoms with van der Waals surface area (Å²) in [7, 11) is -1.23. The van der Waals surface area contributed by atoms with Gasteiger partial charge in [-0.2, -0.15) is 0 Å². The second kappa shape index (κ2) is 29.3. The van der Waals surface area contributed by atoms with Gasteiger partial charge in [0.2, 0.25) is 7.59 Å². The summed E-state index contributed by atoms with van der Waals surface area (Å²) in [6.45, 7) is 19.9. The van der Waals surface area contributed by atoms with Gasteiger partial charge >= 0.3 is 12.2 Å². The van der Waals surface area contributed by atoms with Crippen LogP contribution in [0.2, 0.25) is 36.3 Å². The molecule has 1 N–H and O–H groups in total. The molecule has 0 spiro atoms. The number of aliphatic hydroxyl groups is 1. The minimum absolute atomic E-state index is 0.0154. The second-order valence-corrected chi connectivity index (χ2v) is 40.0. The van der Waals surface area contributed by atoms with E-state index in [1.807, 2.05) is 74.7 Å². The summed E-state index contributed by atoms with van der Waals surface area (Å²) in [4.78, 5) is 65.9. The number of hydrogen-bond acceptors (Lipinski definition) is 16. The molecule has 92 heavy (non-hydrogen) atoms. The summed E-state index contributed by atoms with van der Waals surface area (Å²) in [5.74, 6) is 0.959. The van der Waals surface area contributed by atoms with E-state index in [1.165, 1.54) is 48.3 Å². The Kier molecular flexibility index (Phi) is 23.1. The maximum Gasteiger partial charge on any atom is 0.416 e. The lowest BCUT2D eigenvalue weighted by Crippen LogP contribution is -2.58. The second-order valence-electron chi connectivity index (χ2n) is 25.4. The van der Waals surface area contributed by atoms with Crippen molar-refractivity contribution in [2.45, 2.75) is 129 Å². The van der Waals surface area contributed by atoms with Crippen LogP contribution in [0.4, 0.5) is 21.0 Å². The zero-order chi connectivity index (χ0) is 67.5. The molecule has 0 radical (unpaired) electrons. The van der Waals surface area contributed by atoms with Crippen molar-refractivity contribution < 1.29 is 75.8 Å². The van der Waals surface area contributed by atoms with Crippen molar-refractivity contribution >= 4 is 133 Å². The number of carbonyl (C=O) groups excluding carboxylic acids is 4. The Morgan fingerprint density at radius 1 is 0.533 bits per heavy atom. The number of amides is 4. The number of fused-ring (bicyclic) bond motifs is 4. The van der Waals surface area contributed by atoms with E-state index in [2.05, 4.69) is 41.5 Å². The average Bonchev–Trinajstić information content (AvgIpc) is 1.57. The molecule has 502 valence electrons. The Morgan fingerprint density at radius 3 is 1.29 bits per heavy atom. The van der Waals surface area contributed by atoms with Gasteiger partial charge in [0, 0.05) is 31.0 Å². The molecule has 0 fully saturated rings. The molecule has 4 aromatic carbocycles. The summed E-state index contributed by atoms with van der Waals surface area (Å²) < 4.78 is 63.4. The van der Waals surface area contributed by atoms with E-state index in [0.29, 0.717) is 18.1 Å². The van der Waals surface area contributed by atoms with Crippen molar-refractivity contribution in [3.8, 4) is 34.5 Å². The summed E-state index contributed by atoms with van der Waals surface area (Å²) in [6, 6.07) is 19.4. The molecule has 4 heterocycles. The molecule has 8 rings (SSSR count). The molecule has 28 heteroatoms. The zero-order valence-corrected chi connectivity index (χ0v) is 60.3. The van der Waals surface area contributed by atoms with Crippen molar-refractivity contribution in [2.24, 2.45) is 0 Å². The number of benzene rings is 4. The summed E-state index contributed by atoms with van der Waals surface area (Å²) in [6.07, 6.45) is 0.0815. The van der Waals surface area contributed by atoms with Gasteiger partial charge in [-0.3, -0.25) is 9.59 Å². The molecule has 4 aromatic rings. The smallest absolute Gasteiger partial charge is 0.416 e. The van der Waals surface area contributed by atoms with E-state index >= 15 is 9.59 Å². The number of hydrogen-bond donors (Lipinski definition) is 1. The largest absolute Gasteiger partial charge is 0.497 e. The van der Waals surface area contributed by atoms with Crippen LogP contribution < -0.4 is 38.2 Å². The van der Waals surface area contributed by atoms with Crippen LogP contribution in [0.15, 0.2) is 85.2 Å². The molecular formula is C64H80Cl6N4O16Si2. The maximum atomic E-state index is 15.3. The number of carbonyl (C=O) groups is 4. The summed E-state index contributed by atoms with van der Waals surface area (Å²) >= 11 is 37.1. The van der Waals surface area contributed by atoms with Gasteiger partial charge in [0.15, 0.2) is 52.1 Å². The highest BCUT2D eigenvalue weighted by molar-refractivity contribution is 6.74. The van der Waals surface area contributed by atoms with Crippen molar-refractivity contribution in [2.75, 3.05) is 84.0 Å². The van der Waals surface area contributed by atoms with Gasteiger partial charge in [0.25, 0.3) is 11.8 Å². The molecule has 0 bridgehead atoms. The molecule has 0 saturated carbocycles. The van der Waals surface area contributed by atoms with Crippen LogP contribution in [0.1, 0.15) is 92.6 Å².